The zero-order valence-corrected chi connectivity index (χ0v) is 27.3. The first-order valence-electron chi connectivity index (χ1n) is 14.8. The molecule has 0 unspecified atom stereocenters. The van der Waals surface area contributed by atoms with E-state index in [0.717, 1.165) is 40.0 Å². The van der Waals surface area contributed by atoms with Crippen molar-refractivity contribution in [3.05, 3.63) is 87.8 Å². The van der Waals surface area contributed by atoms with Gasteiger partial charge in [-0.3, -0.25) is 9.59 Å². The van der Waals surface area contributed by atoms with Gasteiger partial charge in [-0.05, 0) is 60.4 Å². The highest BCUT2D eigenvalue weighted by molar-refractivity contribution is 7.13. The van der Waals surface area contributed by atoms with Crippen molar-refractivity contribution in [2.45, 2.75) is 38.0 Å². The number of nitrogens with zero attached hydrogens (tertiary/aromatic N) is 5. The molecule has 0 saturated carbocycles. The minimum atomic E-state index is -4.61. The van der Waals surface area contributed by atoms with E-state index < -0.39 is 28.6 Å². The molecule has 2 aromatic carbocycles. The molecule has 0 fully saturated rings. The van der Waals surface area contributed by atoms with E-state index in [9.17, 15) is 35.9 Å². The number of aromatic nitrogens is 5. The van der Waals surface area contributed by atoms with Gasteiger partial charge >= 0.3 is 12.4 Å². The summed E-state index contributed by atoms with van der Waals surface area (Å²) >= 11 is 6.71. The summed E-state index contributed by atoms with van der Waals surface area (Å²) in [5.74, 6) is -0.506. The van der Waals surface area contributed by atoms with Gasteiger partial charge in [0.2, 0.25) is 23.7 Å². The van der Waals surface area contributed by atoms with Crippen LogP contribution in [-0.4, -0.2) is 36.7 Å². The summed E-state index contributed by atoms with van der Waals surface area (Å²) in [6.45, 7) is 0. The number of benzene rings is 2. The van der Waals surface area contributed by atoms with Gasteiger partial charge in [0.25, 0.3) is 0 Å². The molecule has 51 heavy (non-hydrogen) atoms. The van der Waals surface area contributed by atoms with E-state index in [-0.39, 0.29) is 29.5 Å². The number of anilines is 8. The summed E-state index contributed by atoms with van der Waals surface area (Å²) < 4.78 is 77.6. The van der Waals surface area contributed by atoms with Crippen LogP contribution < -0.4 is 26.6 Å². The molecule has 2 amide bonds. The predicted octanol–water partition coefficient (Wildman–Crippen LogP) is 8.10. The molecule has 0 atom stereocenters. The van der Waals surface area contributed by atoms with Gasteiger partial charge in [-0.25, -0.2) is 19.9 Å². The number of aryl methyl sites for hydroxylation is 2. The highest BCUT2D eigenvalue weighted by Crippen LogP contribution is 2.37. The molecule has 5 N–H and O–H groups in total. The molecule has 0 saturated heterocycles. The van der Waals surface area contributed by atoms with E-state index in [2.05, 4.69) is 51.5 Å². The molecule has 264 valence electrons. The van der Waals surface area contributed by atoms with Crippen LogP contribution in [0.4, 0.5) is 71.9 Å². The summed E-state index contributed by atoms with van der Waals surface area (Å²) in [4.78, 5) is 41.7. The van der Waals surface area contributed by atoms with Crippen LogP contribution in [0.2, 0.25) is 5.15 Å². The number of hydrogen-bond donors (Lipinski definition) is 5. The average Bonchev–Trinajstić information content (AvgIpc) is 3.57. The second kappa shape index (κ2) is 14.4. The van der Waals surface area contributed by atoms with Crippen molar-refractivity contribution in [1.82, 2.24) is 24.9 Å². The van der Waals surface area contributed by atoms with Crippen LogP contribution in [0.3, 0.4) is 0 Å². The SMILES string of the molecule is O=C1CCc2cc(Nc3ncc(C(F)(F)F)c(Cl)n3)ccc2N1.O=C1CCc2cc(Nc3ncc(C(F)(F)F)c(Nc4nccs4)n3)ccc2N1. The van der Waals surface area contributed by atoms with Crippen molar-refractivity contribution >= 4 is 80.3 Å². The third-order valence-corrected chi connectivity index (χ3v) is 8.29. The number of rotatable bonds is 6. The predicted molar refractivity (Wildman–Crippen MR) is 178 cm³/mol. The summed E-state index contributed by atoms with van der Waals surface area (Å²) in [5.41, 5.74) is 2.43. The number of carbonyl (C=O) groups is 2. The average molecular weight is 749 g/mol. The van der Waals surface area contributed by atoms with E-state index in [1.54, 1.807) is 35.7 Å². The molecule has 2 aliphatic heterocycles. The first kappa shape index (κ1) is 35.3. The standard InChI is InChI=1S/C17H13F3N6OS.C14H10ClF3N4O/c18-17(19,20)11-8-22-15(25-14(11)26-16-21-5-6-28-16)23-10-2-3-12-9(7-10)1-4-13(27)24-12;15-12-9(14(16,17)18)6-19-13(22-12)20-8-2-3-10-7(5-8)1-4-11(23)21-10/h2-3,5-8H,1,4H2,(H,24,27)(H2,21,22,23,25,26);2-3,5-6H,1,4H2,(H,21,23)(H,19,20,22). The second-order valence-corrected chi connectivity index (χ2v) is 12.2. The Balaban J connectivity index is 0.000000179. The van der Waals surface area contributed by atoms with Crippen molar-refractivity contribution < 1.29 is 35.9 Å². The molecule has 0 aliphatic carbocycles. The van der Waals surface area contributed by atoms with Crippen molar-refractivity contribution in [1.29, 1.82) is 0 Å². The Hall–Kier alpha value is -5.56. The lowest BCUT2D eigenvalue weighted by Crippen LogP contribution is -2.18. The summed E-state index contributed by atoms with van der Waals surface area (Å²) in [7, 11) is 0. The number of alkyl halides is 6. The van der Waals surface area contributed by atoms with Crippen molar-refractivity contribution in [3.8, 4) is 0 Å². The van der Waals surface area contributed by atoms with Gasteiger partial charge in [-0.15, -0.1) is 11.3 Å². The molecular formula is C31H23ClF6N10O2S. The summed E-state index contributed by atoms with van der Waals surface area (Å²) in [5, 5.41) is 15.1. The van der Waals surface area contributed by atoms with E-state index in [1.807, 2.05) is 6.07 Å². The molecule has 5 aromatic rings. The molecule has 12 nitrogen and oxygen atoms in total. The van der Waals surface area contributed by atoms with Crippen LogP contribution in [-0.2, 0) is 34.8 Å². The maximum absolute atomic E-state index is 13.3. The van der Waals surface area contributed by atoms with Crippen LogP contribution in [0.5, 0.6) is 0 Å². The minimum absolute atomic E-state index is 0.00634. The first-order valence-corrected chi connectivity index (χ1v) is 16.1. The number of thiazole rings is 1. The smallest absolute Gasteiger partial charge is 0.326 e. The van der Waals surface area contributed by atoms with Gasteiger partial charge in [-0.2, -0.15) is 31.3 Å². The zero-order chi connectivity index (χ0) is 36.3. The second-order valence-electron chi connectivity index (χ2n) is 10.9. The Bertz CT molecular complexity index is 2100. The van der Waals surface area contributed by atoms with Gasteiger partial charge in [0, 0.05) is 59.6 Å². The fourth-order valence-electron chi connectivity index (χ4n) is 4.92. The third-order valence-electron chi connectivity index (χ3n) is 7.31. The summed E-state index contributed by atoms with van der Waals surface area (Å²) in [6.07, 6.45) is -4.42. The van der Waals surface area contributed by atoms with E-state index in [0.29, 0.717) is 48.4 Å². The van der Waals surface area contributed by atoms with E-state index in [4.69, 9.17) is 11.6 Å². The lowest BCUT2D eigenvalue weighted by Gasteiger charge is -2.18. The molecule has 3 aromatic heterocycles. The molecule has 5 heterocycles. The van der Waals surface area contributed by atoms with Crippen LogP contribution in [0, 0.1) is 0 Å². The number of fused-ring (bicyclic) bond motifs is 2. The summed E-state index contributed by atoms with van der Waals surface area (Å²) in [6, 6.07) is 10.4. The fourth-order valence-corrected chi connectivity index (χ4v) is 5.69. The normalized spacial score (nSPS) is 13.9. The molecule has 2 aliphatic rings. The zero-order valence-electron chi connectivity index (χ0n) is 25.7. The van der Waals surface area contributed by atoms with Crippen molar-refractivity contribution in [2.24, 2.45) is 0 Å². The topological polar surface area (TPSA) is 159 Å². The Morgan fingerprint density at radius 3 is 1.71 bits per heavy atom. The quantitative estimate of drug-likeness (QED) is 0.0849. The first-order chi connectivity index (χ1) is 24.2. The third kappa shape index (κ3) is 8.79. The Morgan fingerprint density at radius 1 is 0.686 bits per heavy atom. The van der Waals surface area contributed by atoms with Crippen LogP contribution >= 0.6 is 22.9 Å². The van der Waals surface area contributed by atoms with E-state index >= 15 is 0 Å². The molecule has 0 radical (unpaired) electrons. The highest BCUT2D eigenvalue weighted by atomic mass is 35.5. The molecule has 0 bridgehead atoms. The van der Waals surface area contributed by atoms with Crippen LogP contribution in [0.1, 0.15) is 35.1 Å². The Labute approximate surface area is 293 Å². The Kier molecular flexibility index (Phi) is 9.93. The molecule has 7 rings (SSSR count). The van der Waals surface area contributed by atoms with Gasteiger partial charge in [0.15, 0.2) is 5.13 Å². The number of hydrogen-bond acceptors (Lipinski definition) is 11. The maximum Gasteiger partial charge on any atom is 0.421 e. The largest absolute Gasteiger partial charge is 0.421 e. The maximum atomic E-state index is 13.3. The number of nitrogens with one attached hydrogen (secondary N) is 5. The lowest BCUT2D eigenvalue weighted by molar-refractivity contribution is -0.138. The number of amides is 2. The number of halogens is 7. The minimum Gasteiger partial charge on any atom is -0.326 e. The van der Waals surface area contributed by atoms with E-state index in [1.165, 1.54) is 6.20 Å². The van der Waals surface area contributed by atoms with Crippen molar-refractivity contribution in [2.75, 3.05) is 26.6 Å². The lowest BCUT2D eigenvalue weighted by atomic mass is 10.0. The number of carbonyl (C=O) groups excluding carboxylic acids is 2. The van der Waals surface area contributed by atoms with Gasteiger partial charge < -0.3 is 26.6 Å². The molecule has 20 heteroatoms. The fraction of sp³-hybridized carbons (Fsp3) is 0.194. The van der Waals surface area contributed by atoms with Gasteiger partial charge in [0.1, 0.15) is 22.1 Å². The Morgan fingerprint density at radius 2 is 1.22 bits per heavy atom. The van der Waals surface area contributed by atoms with Gasteiger partial charge in [0.05, 0.1) is 0 Å². The van der Waals surface area contributed by atoms with Gasteiger partial charge in [-0.1, -0.05) is 11.6 Å². The molecular weight excluding hydrogens is 726 g/mol. The monoisotopic (exact) mass is 748 g/mol. The molecule has 0 spiro atoms. The van der Waals surface area contributed by atoms with Crippen LogP contribution in [0.15, 0.2) is 60.4 Å². The highest BCUT2D eigenvalue weighted by Gasteiger charge is 2.36. The van der Waals surface area contributed by atoms with Crippen LogP contribution in [0.25, 0.3) is 0 Å². The van der Waals surface area contributed by atoms with Crippen molar-refractivity contribution in [3.63, 3.8) is 0 Å².